The van der Waals surface area contributed by atoms with Crippen molar-refractivity contribution in [3.05, 3.63) is 41.7 Å². The topological polar surface area (TPSA) is 49.0 Å². The molecule has 2 heterocycles. The maximum Gasteiger partial charge on any atom is 0.134 e. The van der Waals surface area contributed by atoms with Crippen LogP contribution in [-0.4, -0.2) is 13.1 Å². The summed E-state index contributed by atoms with van der Waals surface area (Å²) in [5, 5.41) is 13.3. The van der Waals surface area contributed by atoms with Crippen LogP contribution in [0.15, 0.2) is 35.0 Å². The first kappa shape index (κ1) is 10.1. The highest BCUT2D eigenvalue weighted by Crippen LogP contribution is 2.28. The molecule has 0 atom stereocenters. The predicted molar refractivity (Wildman–Crippen MR) is 66.4 cm³/mol. The molecule has 17 heavy (non-hydrogen) atoms. The van der Waals surface area contributed by atoms with Gasteiger partial charge in [-0.3, -0.25) is 0 Å². The van der Waals surface area contributed by atoms with Crippen LogP contribution in [0.5, 0.6) is 0 Å². The molecule has 2 aromatic rings. The van der Waals surface area contributed by atoms with Crippen LogP contribution < -0.4 is 5.32 Å². The van der Waals surface area contributed by atoms with E-state index in [0.717, 1.165) is 36.0 Å². The van der Waals surface area contributed by atoms with Gasteiger partial charge >= 0.3 is 0 Å². The highest BCUT2D eigenvalue weighted by Gasteiger charge is 2.12. The first-order chi connectivity index (χ1) is 8.38. The molecule has 1 N–H and O–H groups in total. The number of hydrogen-bond donors (Lipinski definition) is 1. The van der Waals surface area contributed by atoms with Gasteiger partial charge in [0.15, 0.2) is 0 Å². The third-order valence-electron chi connectivity index (χ3n) is 3.08. The van der Waals surface area contributed by atoms with Gasteiger partial charge in [0.2, 0.25) is 0 Å². The third kappa shape index (κ3) is 1.73. The molecule has 0 radical (unpaired) electrons. The molecule has 1 aromatic heterocycles. The number of nitrogens with one attached hydrogen (secondary N) is 1. The van der Waals surface area contributed by atoms with E-state index in [4.69, 9.17) is 9.68 Å². The summed E-state index contributed by atoms with van der Waals surface area (Å²) < 4.78 is 5.52. The number of hydrogen-bond acceptors (Lipinski definition) is 3. The van der Waals surface area contributed by atoms with Gasteiger partial charge in [-0.05, 0) is 36.7 Å². The second-order valence-electron chi connectivity index (χ2n) is 4.17. The molecule has 0 spiro atoms. The quantitative estimate of drug-likeness (QED) is 0.810. The highest BCUT2D eigenvalue weighted by molar-refractivity contribution is 5.92. The van der Waals surface area contributed by atoms with Crippen LogP contribution in [0.3, 0.4) is 0 Å². The molecule has 0 unspecified atom stereocenters. The number of fused-ring (bicyclic) bond motifs is 1. The Kier molecular flexibility index (Phi) is 2.43. The molecule has 0 bridgehead atoms. The second kappa shape index (κ2) is 4.08. The fraction of sp³-hybridized carbons (Fsp3) is 0.214. The van der Waals surface area contributed by atoms with Crippen molar-refractivity contribution in [1.29, 1.82) is 5.26 Å². The minimum atomic E-state index is 0.671. The molecular weight excluding hydrogens is 212 g/mol. The van der Waals surface area contributed by atoms with Gasteiger partial charge < -0.3 is 9.73 Å². The van der Waals surface area contributed by atoms with Crippen LogP contribution in [0.1, 0.15) is 17.5 Å². The Morgan fingerprint density at radius 1 is 1.35 bits per heavy atom. The van der Waals surface area contributed by atoms with E-state index in [-0.39, 0.29) is 0 Å². The summed E-state index contributed by atoms with van der Waals surface area (Å²) in [5.41, 5.74) is 3.87. The van der Waals surface area contributed by atoms with E-state index in [1.54, 1.807) is 12.3 Å². The Bertz CT molecular complexity index is 631. The van der Waals surface area contributed by atoms with E-state index >= 15 is 0 Å². The van der Waals surface area contributed by atoms with E-state index in [2.05, 4.69) is 17.5 Å². The Hall–Kier alpha value is -2.05. The van der Waals surface area contributed by atoms with E-state index in [0.29, 0.717) is 5.56 Å². The lowest BCUT2D eigenvalue weighted by molar-refractivity contribution is 0.614. The molecule has 1 aliphatic heterocycles. The summed E-state index contributed by atoms with van der Waals surface area (Å²) in [5.74, 6) is 0. The zero-order valence-corrected chi connectivity index (χ0v) is 9.36. The van der Waals surface area contributed by atoms with Crippen molar-refractivity contribution in [3.8, 4) is 6.07 Å². The summed E-state index contributed by atoms with van der Waals surface area (Å²) in [6.45, 7) is 1.90. The third-order valence-corrected chi connectivity index (χ3v) is 3.08. The summed E-state index contributed by atoms with van der Waals surface area (Å²) >= 11 is 0. The fourth-order valence-corrected chi connectivity index (χ4v) is 2.20. The zero-order valence-electron chi connectivity index (χ0n) is 9.36. The Morgan fingerprint density at radius 3 is 3.06 bits per heavy atom. The summed E-state index contributed by atoms with van der Waals surface area (Å²) in [6.07, 6.45) is 5.06. The molecule has 3 rings (SSSR count). The lowest BCUT2D eigenvalue weighted by Crippen LogP contribution is -2.21. The lowest BCUT2D eigenvalue weighted by Gasteiger charge is -2.12. The van der Waals surface area contributed by atoms with Gasteiger partial charge in [-0.2, -0.15) is 5.26 Å². The monoisotopic (exact) mass is 224 g/mol. The number of furan rings is 1. The van der Waals surface area contributed by atoms with Gasteiger partial charge in [0.05, 0.1) is 17.9 Å². The van der Waals surface area contributed by atoms with Crippen LogP contribution in [0.25, 0.3) is 16.5 Å². The van der Waals surface area contributed by atoms with Crippen molar-refractivity contribution < 1.29 is 4.42 Å². The molecule has 1 aliphatic rings. The van der Waals surface area contributed by atoms with Crippen molar-refractivity contribution in [2.45, 2.75) is 6.42 Å². The molecule has 0 saturated carbocycles. The largest absolute Gasteiger partial charge is 0.464 e. The molecule has 1 aromatic carbocycles. The standard InChI is InChI=1S/C14H12N2O/c15-7-10-3-4-14-12(6-10)13(9-17-14)11-2-1-5-16-8-11/h2-4,6,9,16H,1,5,8H2. The molecule has 84 valence electrons. The van der Waals surface area contributed by atoms with Crippen molar-refractivity contribution in [2.75, 3.05) is 13.1 Å². The van der Waals surface area contributed by atoms with Crippen molar-refractivity contribution in [1.82, 2.24) is 5.32 Å². The van der Waals surface area contributed by atoms with Crippen molar-refractivity contribution in [3.63, 3.8) is 0 Å². The Balaban J connectivity index is 2.16. The summed E-state index contributed by atoms with van der Waals surface area (Å²) in [7, 11) is 0. The molecule has 0 amide bonds. The maximum absolute atomic E-state index is 8.93. The Morgan fingerprint density at radius 2 is 2.29 bits per heavy atom. The van der Waals surface area contributed by atoms with E-state index in [9.17, 15) is 0 Å². The molecule has 0 aliphatic carbocycles. The fourth-order valence-electron chi connectivity index (χ4n) is 2.20. The van der Waals surface area contributed by atoms with E-state index < -0.39 is 0 Å². The summed E-state index contributed by atoms with van der Waals surface area (Å²) in [4.78, 5) is 0. The second-order valence-corrected chi connectivity index (χ2v) is 4.17. The lowest BCUT2D eigenvalue weighted by atomic mass is 10.0. The maximum atomic E-state index is 8.93. The van der Waals surface area contributed by atoms with Crippen molar-refractivity contribution in [2.24, 2.45) is 0 Å². The minimum absolute atomic E-state index is 0.671. The van der Waals surface area contributed by atoms with Gasteiger partial charge in [-0.15, -0.1) is 0 Å². The summed E-state index contributed by atoms with van der Waals surface area (Å²) in [6, 6.07) is 7.69. The highest BCUT2D eigenvalue weighted by atomic mass is 16.3. The molecule has 3 nitrogen and oxygen atoms in total. The molecule has 3 heteroatoms. The number of rotatable bonds is 1. The van der Waals surface area contributed by atoms with Gasteiger partial charge in [0.25, 0.3) is 0 Å². The molecule has 0 saturated heterocycles. The van der Waals surface area contributed by atoms with E-state index in [1.165, 1.54) is 5.57 Å². The number of benzene rings is 1. The zero-order chi connectivity index (χ0) is 11.7. The van der Waals surface area contributed by atoms with Gasteiger partial charge in [-0.25, -0.2) is 0 Å². The van der Waals surface area contributed by atoms with Crippen LogP contribution in [0, 0.1) is 11.3 Å². The molecular formula is C14H12N2O. The average molecular weight is 224 g/mol. The Labute approximate surface area is 99.3 Å². The molecule has 0 fully saturated rings. The van der Waals surface area contributed by atoms with Gasteiger partial charge in [0.1, 0.15) is 5.58 Å². The van der Waals surface area contributed by atoms with Crippen LogP contribution in [0.4, 0.5) is 0 Å². The smallest absolute Gasteiger partial charge is 0.134 e. The van der Waals surface area contributed by atoms with E-state index in [1.807, 2.05) is 12.1 Å². The number of nitrogens with zero attached hydrogens (tertiary/aromatic N) is 1. The SMILES string of the molecule is N#Cc1ccc2occ(C3=CCCNC3)c2c1. The average Bonchev–Trinajstić information content (AvgIpc) is 2.82. The van der Waals surface area contributed by atoms with Crippen LogP contribution >= 0.6 is 0 Å². The van der Waals surface area contributed by atoms with Gasteiger partial charge in [-0.1, -0.05) is 6.08 Å². The predicted octanol–water partition coefficient (Wildman–Crippen LogP) is 2.68. The first-order valence-corrected chi connectivity index (χ1v) is 5.70. The van der Waals surface area contributed by atoms with Gasteiger partial charge in [0, 0.05) is 17.5 Å². The minimum Gasteiger partial charge on any atom is -0.464 e. The first-order valence-electron chi connectivity index (χ1n) is 5.70. The van der Waals surface area contributed by atoms with Crippen LogP contribution in [-0.2, 0) is 0 Å². The number of nitriles is 1. The van der Waals surface area contributed by atoms with Crippen molar-refractivity contribution >= 4 is 16.5 Å². The normalized spacial score (nSPS) is 15.6. The van der Waals surface area contributed by atoms with Crippen LogP contribution in [0.2, 0.25) is 0 Å².